The van der Waals surface area contributed by atoms with Gasteiger partial charge in [0.05, 0.1) is 0 Å². The number of carbonyl (C=O) groups excluding carboxylic acids is 1. The van der Waals surface area contributed by atoms with E-state index in [4.69, 9.17) is 11.6 Å². The number of halogens is 2. The van der Waals surface area contributed by atoms with Crippen molar-refractivity contribution >= 4 is 33.3 Å². The molecule has 1 aromatic rings. The van der Waals surface area contributed by atoms with Gasteiger partial charge in [0.1, 0.15) is 5.16 Å². The minimum Gasteiger partial charge on any atom is -0.362 e. The maximum absolute atomic E-state index is 12.0. The maximum atomic E-state index is 12.0. The third-order valence-corrected chi connectivity index (χ3v) is 3.91. The maximum Gasteiger partial charge on any atom is 0.188 e. The highest BCUT2D eigenvalue weighted by atomic mass is 79.9. The minimum absolute atomic E-state index is 0.0435. The van der Waals surface area contributed by atoms with Crippen LogP contribution in [0.15, 0.2) is 40.0 Å². The highest BCUT2D eigenvalue weighted by Crippen LogP contribution is 2.19. The van der Waals surface area contributed by atoms with Gasteiger partial charge in [-0.05, 0) is 43.5 Å². The predicted molar refractivity (Wildman–Crippen MR) is 77.8 cm³/mol. The first-order chi connectivity index (χ1) is 8.66. The Morgan fingerprint density at radius 1 is 1.17 bits per heavy atom. The van der Waals surface area contributed by atoms with Crippen LogP contribution in [0.3, 0.4) is 0 Å². The Labute approximate surface area is 121 Å². The van der Waals surface area contributed by atoms with E-state index in [9.17, 15) is 4.79 Å². The Balaban J connectivity index is 2.06. The molecule has 0 radical (unpaired) electrons. The third kappa shape index (κ3) is 3.59. The van der Waals surface area contributed by atoms with E-state index in [2.05, 4.69) is 20.8 Å². The Kier molecular flexibility index (Phi) is 4.84. The minimum atomic E-state index is -0.0435. The van der Waals surface area contributed by atoms with E-state index in [0.29, 0.717) is 10.7 Å². The van der Waals surface area contributed by atoms with Crippen molar-refractivity contribution in [2.24, 2.45) is 0 Å². The lowest BCUT2D eigenvalue weighted by molar-refractivity contribution is 0.104. The van der Waals surface area contributed by atoms with Crippen LogP contribution in [-0.2, 0) is 0 Å². The first kappa shape index (κ1) is 13.6. The molecule has 0 aromatic heterocycles. The number of piperidine rings is 1. The van der Waals surface area contributed by atoms with Gasteiger partial charge in [0.2, 0.25) is 0 Å². The quantitative estimate of drug-likeness (QED) is 0.471. The lowest BCUT2D eigenvalue weighted by atomic mass is 10.1. The van der Waals surface area contributed by atoms with Gasteiger partial charge in [0, 0.05) is 29.2 Å². The first-order valence-corrected chi connectivity index (χ1v) is 7.26. The van der Waals surface area contributed by atoms with Crippen molar-refractivity contribution in [2.45, 2.75) is 19.3 Å². The SMILES string of the molecule is O=C(/C=C(\Cl)N1CCCCC1)c1ccc(Br)cc1. The molecule has 0 bridgehead atoms. The molecule has 1 saturated heterocycles. The van der Waals surface area contributed by atoms with Crippen molar-refractivity contribution in [3.05, 3.63) is 45.5 Å². The van der Waals surface area contributed by atoms with Crippen molar-refractivity contribution in [2.75, 3.05) is 13.1 Å². The number of carbonyl (C=O) groups is 1. The third-order valence-electron chi connectivity index (χ3n) is 3.04. The van der Waals surface area contributed by atoms with Crippen LogP contribution in [0.2, 0.25) is 0 Å². The van der Waals surface area contributed by atoms with Gasteiger partial charge in [-0.15, -0.1) is 0 Å². The Morgan fingerprint density at radius 2 is 1.78 bits per heavy atom. The summed E-state index contributed by atoms with van der Waals surface area (Å²) in [5, 5.41) is 0.558. The molecular weight excluding hydrogens is 314 g/mol. The molecule has 1 aromatic carbocycles. The summed E-state index contributed by atoms with van der Waals surface area (Å²) >= 11 is 9.54. The van der Waals surface area contributed by atoms with Gasteiger partial charge in [-0.1, -0.05) is 27.5 Å². The fraction of sp³-hybridized carbons (Fsp3) is 0.357. The summed E-state index contributed by atoms with van der Waals surface area (Å²) in [5.41, 5.74) is 0.661. The zero-order chi connectivity index (χ0) is 13.0. The molecule has 0 atom stereocenters. The molecule has 0 saturated carbocycles. The van der Waals surface area contributed by atoms with Crippen LogP contribution < -0.4 is 0 Å². The van der Waals surface area contributed by atoms with E-state index in [1.54, 1.807) is 12.1 Å². The number of likely N-dealkylation sites (tertiary alicyclic amines) is 1. The van der Waals surface area contributed by atoms with Gasteiger partial charge >= 0.3 is 0 Å². The summed E-state index contributed by atoms with van der Waals surface area (Å²) in [6, 6.07) is 7.30. The highest BCUT2D eigenvalue weighted by Gasteiger charge is 2.13. The topological polar surface area (TPSA) is 20.3 Å². The van der Waals surface area contributed by atoms with Gasteiger partial charge in [0.15, 0.2) is 5.78 Å². The van der Waals surface area contributed by atoms with Crippen molar-refractivity contribution in [1.29, 1.82) is 0 Å². The van der Waals surface area contributed by atoms with Gasteiger partial charge in [-0.2, -0.15) is 0 Å². The number of ketones is 1. The second kappa shape index (κ2) is 6.39. The number of allylic oxidation sites excluding steroid dienone is 1. The summed E-state index contributed by atoms with van der Waals surface area (Å²) in [5.74, 6) is -0.0435. The van der Waals surface area contributed by atoms with Crippen LogP contribution >= 0.6 is 27.5 Å². The number of benzene rings is 1. The van der Waals surface area contributed by atoms with E-state index in [1.165, 1.54) is 12.5 Å². The van der Waals surface area contributed by atoms with E-state index >= 15 is 0 Å². The molecule has 1 aliphatic heterocycles. The van der Waals surface area contributed by atoms with Gasteiger partial charge in [-0.25, -0.2) is 0 Å². The van der Waals surface area contributed by atoms with Crippen LogP contribution in [0, 0.1) is 0 Å². The van der Waals surface area contributed by atoms with Crippen LogP contribution in [-0.4, -0.2) is 23.8 Å². The van der Waals surface area contributed by atoms with Crippen molar-refractivity contribution < 1.29 is 4.79 Å². The number of hydrogen-bond donors (Lipinski definition) is 0. The fourth-order valence-electron chi connectivity index (χ4n) is 2.00. The van der Waals surface area contributed by atoms with Crippen molar-refractivity contribution in [3.8, 4) is 0 Å². The molecule has 1 aliphatic rings. The Bertz CT molecular complexity index is 449. The highest BCUT2D eigenvalue weighted by molar-refractivity contribution is 9.10. The number of rotatable bonds is 3. The number of nitrogens with zero attached hydrogens (tertiary/aromatic N) is 1. The summed E-state index contributed by atoms with van der Waals surface area (Å²) < 4.78 is 0.963. The van der Waals surface area contributed by atoms with E-state index < -0.39 is 0 Å². The summed E-state index contributed by atoms with van der Waals surface area (Å²) in [6.07, 6.45) is 5.07. The van der Waals surface area contributed by atoms with Crippen LogP contribution in [0.1, 0.15) is 29.6 Å². The molecule has 1 fully saturated rings. The molecule has 0 unspecified atom stereocenters. The van der Waals surface area contributed by atoms with Crippen LogP contribution in [0.4, 0.5) is 0 Å². The fourth-order valence-corrected chi connectivity index (χ4v) is 2.54. The lowest BCUT2D eigenvalue weighted by Crippen LogP contribution is -2.27. The molecule has 0 spiro atoms. The zero-order valence-electron chi connectivity index (χ0n) is 10.0. The average Bonchev–Trinajstić information content (AvgIpc) is 2.40. The molecule has 18 heavy (non-hydrogen) atoms. The largest absolute Gasteiger partial charge is 0.362 e. The summed E-state index contributed by atoms with van der Waals surface area (Å²) in [4.78, 5) is 14.1. The monoisotopic (exact) mass is 327 g/mol. The van der Waals surface area contributed by atoms with Crippen LogP contribution in [0.5, 0.6) is 0 Å². The van der Waals surface area contributed by atoms with E-state index in [1.807, 2.05) is 12.1 Å². The first-order valence-electron chi connectivity index (χ1n) is 6.09. The molecule has 4 heteroatoms. The Hall–Kier alpha value is -0.800. The molecule has 2 nitrogen and oxygen atoms in total. The van der Waals surface area contributed by atoms with Gasteiger partial charge < -0.3 is 4.90 Å². The normalized spacial score (nSPS) is 16.8. The zero-order valence-corrected chi connectivity index (χ0v) is 12.4. The van der Waals surface area contributed by atoms with E-state index in [0.717, 1.165) is 30.4 Å². The number of hydrogen-bond acceptors (Lipinski definition) is 2. The van der Waals surface area contributed by atoms with Crippen molar-refractivity contribution in [1.82, 2.24) is 4.90 Å². The van der Waals surface area contributed by atoms with Crippen LogP contribution in [0.25, 0.3) is 0 Å². The second-order valence-electron chi connectivity index (χ2n) is 4.39. The molecule has 0 aliphatic carbocycles. The average molecular weight is 329 g/mol. The molecule has 1 heterocycles. The molecular formula is C14H15BrClNO. The molecule has 96 valence electrons. The molecule has 2 rings (SSSR count). The van der Waals surface area contributed by atoms with Crippen molar-refractivity contribution in [3.63, 3.8) is 0 Å². The Morgan fingerprint density at radius 3 is 2.39 bits per heavy atom. The smallest absolute Gasteiger partial charge is 0.188 e. The van der Waals surface area contributed by atoms with E-state index in [-0.39, 0.29) is 5.78 Å². The standard InChI is InChI=1S/C14H15BrClNO/c15-12-6-4-11(5-7-12)13(18)10-14(16)17-8-2-1-3-9-17/h4-7,10H,1-3,8-9H2/b14-10+. The predicted octanol–water partition coefficient (Wildman–Crippen LogP) is 4.20. The summed E-state index contributed by atoms with van der Waals surface area (Å²) in [7, 11) is 0. The second-order valence-corrected chi connectivity index (χ2v) is 5.69. The molecule has 0 N–H and O–H groups in total. The molecule has 0 amide bonds. The van der Waals surface area contributed by atoms with Gasteiger partial charge in [-0.3, -0.25) is 4.79 Å². The van der Waals surface area contributed by atoms with Gasteiger partial charge in [0.25, 0.3) is 0 Å². The lowest BCUT2D eigenvalue weighted by Gasteiger charge is -2.27. The summed E-state index contributed by atoms with van der Waals surface area (Å²) in [6.45, 7) is 1.89.